The Labute approximate surface area is 320 Å². The number of aromatic hydroxyl groups is 1. The van der Waals surface area contributed by atoms with Crippen LogP contribution < -0.4 is 14.2 Å². The Morgan fingerprint density at radius 2 is 0.833 bits per heavy atom. The zero-order chi connectivity index (χ0) is 37.5. The first-order valence-electron chi connectivity index (χ1n) is 20.1. The zero-order valence-electron chi connectivity index (χ0n) is 32.3. The van der Waals surface area contributed by atoms with Crippen LogP contribution >= 0.6 is 0 Å². The van der Waals surface area contributed by atoms with E-state index in [1.807, 2.05) is 60.7 Å². The summed E-state index contributed by atoms with van der Waals surface area (Å²) in [6, 6.07) is 30.0. The highest BCUT2D eigenvalue weighted by molar-refractivity contribution is 6.01. The molecule has 6 aromatic rings. The van der Waals surface area contributed by atoms with Crippen LogP contribution in [0.1, 0.15) is 97.8 Å². The minimum atomic E-state index is 0.0533. The SMILES string of the molecule is CCCCCCOc1ccc(-c2nc(-c3ccc(OCCCCCC)c4ccccc34)nc(-c3ccc(OCCCCCC)c4ccccc34)n2)c(O)c1. The van der Waals surface area contributed by atoms with Gasteiger partial charge >= 0.3 is 0 Å². The van der Waals surface area contributed by atoms with Crippen molar-refractivity contribution in [1.29, 1.82) is 0 Å². The van der Waals surface area contributed by atoms with Gasteiger partial charge in [-0.3, -0.25) is 0 Å². The fraction of sp³-hybridized carbons (Fsp3) is 0.383. The normalized spacial score (nSPS) is 11.3. The summed E-state index contributed by atoms with van der Waals surface area (Å²) in [4.78, 5) is 15.2. The second-order valence-corrected chi connectivity index (χ2v) is 14.0. The molecule has 0 aliphatic heterocycles. The highest BCUT2D eigenvalue weighted by atomic mass is 16.5. The first-order valence-corrected chi connectivity index (χ1v) is 20.1. The van der Waals surface area contributed by atoms with Crippen molar-refractivity contribution in [2.45, 2.75) is 97.8 Å². The molecule has 1 heterocycles. The summed E-state index contributed by atoms with van der Waals surface area (Å²) in [5.74, 6) is 3.77. The van der Waals surface area contributed by atoms with Gasteiger partial charge in [0.1, 0.15) is 23.0 Å². The predicted octanol–water partition coefficient (Wildman–Crippen LogP) is 12.8. The third-order valence-electron chi connectivity index (χ3n) is 9.87. The third-order valence-corrected chi connectivity index (χ3v) is 9.87. The molecule has 0 aliphatic rings. The maximum Gasteiger partial charge on any atom is 0.167 e. The molecule has 5 aromatic carbocycles. The molecule has 0 saturated heterocycles. The summed E-state index contributed by atoms with van der Waals surface area (Å²) < 4.78 is 18.6. The molecule has 282 valence electrons. The molecular weight excluding hydrogens is 671 g/mol. The molecule has 0 saturated carbocycles. The van der Waals surface area contributed by atoms with E-state index in [4.69, 9.17) is 29.2 Å². The fourth-order valence-electron chi connectivity index (χ4n) is 6.85. The monoisotopic (exact) mass is 725 g/mol. The molecule has 0 fully saturated rings. The van der Waals surface area contributed by atoms with Crippen LogP contribution in [0.4, 0.5) is 0 Å². The van der Waals surface area contributed by atoms with Crippen molar-refractivity contribution in [2.24, 2.45) is 0 Å². The van der Waals surface area contributed by atoms with Gasteiger partial charge in [0.2, 0.25) is 0 Å². The number of phenols is 1. The quantitative estimate of drug-likeness (QED) is 0.0739. The predicted molar refractivity (Wildman–Crippen MR) is 222 cm³/mol. The summed E-state index contributed by atoms with van der Waals surface area (Å²) in [6.07, 6.45) is 13.6. The van der Waals surface area contributed by atoms with Crippen molar-refractivity contribution in [3.05, 3.63) is 91.0 Å². The van der Waals surface area contributed by atoms with E-state index < -0.39 is 0 Å². The highest BCUT2D eigenvalue weighted by Gasteiger charge is 2.20. The Hall–Kier alpha value is -5.17. The summed E-state index contributed by atoms with van der Waals surface area (Å²) >= 11 is 0. The second kappa shape index (κ2) is 19.8. The Bertz CT molecular complexity index is 2000. The van der Waals surface area contributed by atoms with Crippen molar-refractivity contribution >= 4 is 21.5 Å². The lowest BCUT2D eigenvalue weighted by Crippen LogP contribution is -2.03. The van der Waals surface area contributed by atoms with Crippen LogP contribution in [-0.2, 0) is 0 Å². The number of hydrogen-bond acceptors (Lipinski definition) is 7. The molecule has 0 spiro atoms. The first-order chi connectivity index (χ1) is 26.6. The standard InChI is InChI=1S/C47H55N3O4/c1-4-7-10-17-30-52-34-24-25-41(42(51)33-34)47-49-45(39-26-28-43(53-31-18-11-8-5-2)37-22-15-13-20-35(37)39)48-46(50-47)40-27-29-44(54-32-19-12-9-6-3)38-23-16-14-21-36(38)40/h13-16,20-29,33,51H,4-12,17-19,30-32H2,1-3H3. The minimum Gasteiger partial charge on any atom is -0.507 e. The van der Waals surface area contributed by atoms with Crippen LogP contribution in [0.25, 0.3) is 55.7 Å². The van der Waals surface area contributed by atoms with Crippen LogP contribution in [0.5, 0.6) is 23.0 Å². The van der Waals surface area contributed by atoms with E-state index in [0.29, 0.717) is 48.6 Å². The van der Waals surface area contributed by atoms with Crippen molar-refractivity contribution < 1.29 is 19.3 Å². The molecular formula is C47H55N3O4. The molecule has 0 radical (unpaired) electrons. The van der Waals surface area contributed by atoms with E-state index in [1.54, 1.807) is 6.07 Å². The molecule has 0 aliphatic carbocycles. The lowest BCUT2D eigenvalue weighted by atomic mass is 10.0. The van der Waals surface area contributed by atoms with Crippen LogP contribution in [0.15, 0.2) is 91.0 Å². The number of ether oxygens (including phenoxy) is 3. The number of rotatable bonds is 21. The Morgan fingerprint density at radius 1 is 0.426 bits per heavy atom. The van der Waals surface area contributed by atoms with Crippen molar-refractivity contribution in [3.63, 3.8) is 0 Å². The lowest BCUT2D eigenvalue weighted by molar-refractivity contribution is 0.303. The van der Waals surface area contributed by atoms with Gasteiger partial charge in [-0.25, -0.2) is 15.0 Å². The minimum absolute atomic E-state index is 0.0533. The van der Waals surface area contributed by atoms with Gasteiger partial charge in [-0.15, -0.1) is 0 Å². The van der Waals surface area contributed by atoms with Gasteiger partial charge in [-0.2, -0.15) is 0 Å². The maximum atomic E-state index is 11.4. The molecule has 0 bridgehead atoms. The molecule has 0 unspecified atom stereocenters. The molecule has 1 N–H and O–H groups in total. The van der Waals surface area contributed by atoms with E-state index in [0.717, 1.165) is 82.7 Å². The summed E-state index contributed by atoms with van der Waals surface area (Å²) in [5.41, 5.74) is 2.22. The topological polar surface area (TPSA) is 86.6 Å². The van der Waals surface area contributed by atoms with Crippen molar-refractivity contribution in [2.75, 3.05) is 19.8 Å². The lowest BCUT2D eigenvalue weighted by Gasteiger charge is -2.15. The van der Waals surface area contributed by atoms with Gasteiger partial charge in [0.05, 0.1) is 25.4 Å². The smallest absolute Gasteiger partial charge is 0.167 e. The number of aromatic nitrogens is 3. The van der Waals surface area contributed by atoms with Crippen LogP contribution in [0, 0.1) is 0 Å². The average Bonchev–Trinajstić information content (AvgIpc) is 3.20. The number of unbranched alkanes of at least 4 members (excludes halogenated alkanes) is 9. The summed E-state index contributed by atoms with van der Waals surface area (Å²) in [7, 11) is 0. The van der Waals surface area contributed by atoms with E-state index in [2.05, 4.69) is 45.0 Å². The van der Waals surface area contributed by atoms with E-state index in [9.17, 15) is 5.11 Å². The molecule has 54 heavy (non-hydrogen) atoms. The number of benzene rings is 5. The van der Waals surface area contributed by atoms with Gasteiger partial charge in [-0.05, 0) is 66.4 Å². The Balaban J connectivity index is 1.42. The van der Waals surface area contributed by atoms with Gasteiger partial charge in [0.25, 0.3) is 0 Å². The second-order valence-electron chi connectivity index (χ2n) is 14.0. The Morgan fingerprint density at radius 3 is 1.28 bits per heavy atom. The van der Waals surface area contributed by atoms with Crippen LogP contribution in [0.2, 0.25) is 0 Å². The van der Waals surface area contributed by atoms with Crippen molar-refractivity contribution in [3.8, 4) is 57.2 Å². The van der Waals surface area contributed by atoms with Gasteiger partial charge in [0.15, 0.2) is 17.5 Å². The number of hydrogen-bond donors (Lipinski definition) is 1. The van der Waals surface area contributed by atoms with E-state index in [1.165, 1.54) is 38.5 Å². The molecule has 7 heteroatoms. The highest BCUT2D eigenvalue weighted by Crippen LogP contribution is 2.39. The van der Waals surface area contributed by atoms with Gasteiger partial charge in [0, 0.05) is 28.0 Å². The third kappa shape index (κ3) is 9.67. The summed E-state index contributed by atoms with van der Waals surface area (Å²) in [6.45, 7) is 8.58. The number of nitrogens with zero attached hydrogens (tertiary/aromatic N) is 3. The molecule has 7 nitrogen and oxygen atoms in total. The zero-order valence-corrected chi connectivity index (χ0v) is 32.3. The number of phenolic OH excluding ortho intramolecular Hbond substituents is 1. The maximum absolute atomic E-state index is 11.4. The van der Waals surface area contributed by atoms with E-state index >= 15 is 0 Å². The number of fused-ring (bicyclic) bond motifs is 2. The first kappa shape index (κ1) is 38.6. The molecule has 1 aromatic heterocycles. The molecule has 0 atom stereocenters. The molecule has 0 amide bonds. The summed E-state index contributed by atoms with van der Waals surface area (Å²) in [5, 5.41) is 15.4. The van der Waals surface area contributed by atoms with E-state index in [-0.39, 0.29) is 5.75 Å². The largest absolute Gasteiger partial charge is 0.507 e. The molecule has 6 rings (SSSR count). The van der Waals surface area contributed by atoms with Gasteiger partial charge < -0.3 is 19.3 Å². The van der Waals surface area contributed by atoms with Crippen LogP contribution in [0.3, 0.4) is 0 Å². The van der Waals surface area contributed by atoms with Gasteiger partial charge in [-0.1, -0.05) is 127 Å². The fourth-order valence-corrected chi connectivity index (χ4v) is 6.85. The van der Waals surface area contributed by atoms with Crippen LogP contribution in [-0.4, -0.2) is 39.9 Å². The average molecular weight is 726 g/mol. The Kier molecular flexibility index (Phi) is 14.1. The van der Waals surface area contributed by atoms with Crippen molar-refractivity contribution in [1.82, 2.24) is 15.0 Å².